The Kier molecular flexibility index (Phi) is 4.45. The predicted molar refractivity (Wildman–Crippen MR) is 82.9 cm³/mol. The number of anilines is 1. The molecule has 0 radical (unpaired) electrons. The molecular formula is C17H10F5N3O. The number of para-hydroxylation sites is 1. The molecular weight excluding hydrogens is 357 g/mol. The number of alkyl halides is 3. The maximum absolute atomic E-state index is 13.6. The molecule has 2 aromatic carbocycles. The van der Waals surface area contributed by atoms with E-state index in [1.807, 2.05) is 5.32 Å². The molecule has 4 nitrogen and oxygen atoms in total. The zero-order valence-corrected chi connectivity index (χ0v) is 12.9. The highest BCUT2D eigenvalue weighted by Gasteiger charge is 2.40. The highest BCUT2D eigenvalue weighted by Crippen LogP contribution is 2.34. The van der Waals surface area contributed by atoms with Crippen LogP contribution in [0.1, 0.15) is 16.1 Å². The van der Waals surface area contributed by atoms with Gasteiger partial charge in [-0.25, -0.2) is 13.5 Å². The molecule has 0 saturated carbocycles. The van der Waals surface area contributed by atoms with E-state index in [1.54, 1.807) is 6.07 Å². The smallest absolute Gasteiger partial charge is 0.319 e. The van der Waals surface area contributed by atoms with Crippen LogP contribution in [-0.2, 0) is 6.18 Å². The summed E-state index contributed by atoms with van der Waals surface area (Å²) in [6.07, 6.45) is -4.18. The molecule has 3 rings (SSSR count). The summed E-state index contributed by atoms with van der Waals surface area (Å²) in [6, 6.07) is 9.65. The Hall–Kier alpha value is -3.23. The maximum Gasteiger partial charge on any atom is 0.434 e. The fourth-order valence-corrected chi connectivity index (χ4v) is 2.34. The van der Waals surface area contributed by atoms with Crippen LogP contribution in [-0.4, -0.2) is 15.7 Å². The maximum atomic E-state index is 13.6. The van der Waals surface area contributed by atoms with Crippen molar-refractivity contribution in [3.8, 4) is 5.69 Å². The quantitative estimate of drug-likeness (QED) is 0.697. The van der Waals surface area contributed by atoms with Gasteiger partial charge in [0, 0.05) is 6.07 Å². The van der Waals surface area contributed by atoms with Crippen LogP contribution in [0.25, 0.3) is 5.69 Å². The molecule has 134 valence electrons. The van der Waals surface area contributed by atoms with Crippen molar-refractivity contribution in [1.82, 2.24) is 9.78 Å². The summed E-state index contributed by atoms with van der Waals surface area (Å²) in [4.78, 5) is 12.2. The lowest BCUT2D eigenvalue weighted by Crippen LogP contribution is -2.21. The van der Waals surface area contributed by atoms with E-state index in [4.69, 9.17) is 0 Å². The number of amides is 1. The summed E-state index contributed by atoms with van der Waals surface area (Å²) in [5.41, 5.74) is -2.62. The van der Waals surface area contributed by atoms with E-state index < -0.39 is 40.7 Å². The third kappa shape index (κ3) is 3.41. The Morgan fingerprint density at radius 1 is 1.04 bits per heavy atom. The summed E-state index contributed by atoms with van der Waals surface area (Å²) in [7, 11) is 0. The molecule has 1 heterocycles. The first kappa shape index (κ1) is 17.6. The molecule has 0 aliphatic carbocycles. The van der Waals surface area contributed by atoms with E-state index in [0.29, 0.717) is 10.7 Å². The largest absolute Gasteiger partial charge is 0.434 e. The van der Waals surface area contributed by atoms with Crippen molar-refractivity contribution in [2.24, 2.45) is 0 Å². The van der Waals surface area contributed by atoms with E-state index in [9.17, 15) is 26.7 Å². The summed E-state index contributed by atoms with van der Waals surface area (Å²) in [6.45, 7) is 0. The van der Waals surface area contributed by atoms with Crippen LogP contribution < -0.4 is 5.32 Å². The molecule has 0 aliphatic rings. The number of nitrogens with one attached hydrogen (secondary N) is 1. The number of hydrogen-bond acceptors (Lipinski definition) is 2. The van der Waals surface area contributed by atoms with Gasteiger partial charge in [-0.3, -0.25) is 4.79 Å². The summed E-state index contributed by atoms with van der Waals surface area (Å²) in [5, 5.41) is 5.56. The SMILES string of the molecule is O=C(Nc1cc(F)ccc1F)c1cnn(-c2ccccc2)c1C(F)(F)F. The Morgan fingerprint density at radius 3 is 2.38 bits per heavy atom. The highest BCUT2D eigenvalue weighted by molar-refractivity contribution is 6.05. The molecule has 0 saturated heterocycles. The first-order valence-electron chi connectivity index (χ1n) is 7.24. The van der Waals surface area contributed by atoms with E-state index in [2.05, 4.69) is 5.10 Å². The highest BCUT2D eigenvalue weighted by atomic mass is 19.4. The number of benzene rings is 2. The lowest BCUT2D eigenvalue weighted by Gasteiger charge is -2.13. The molecule has 1 N–H and O–H groups in total. The second-order valence-electron chi connectivity index (χ2n) is 5.23. The van der Waals surface area contributed by atoms with Gasteiger partial charge >= 0.3 is 6.18 Å². The van der Waals surface area contributed by atoms with Gasteiger partial charge in [-0.2, -0.15) is 18.3 Å². The van der Waals surface area contributed by atoms with Crippen LogP contribution in [0.5, 0.6) is 0 Å². The zero-order valence-electron chi connectivity index (χ0n) is 12.9. The fourth-order valence-electron chi connectivity index (χ4n) is 2.34. The first-order chi connectivity index (χ1) is 12.3. The monoisotopic (exact) mass is 367 g/mol. The Morgan fingerprint density at radius 2 is 1.73 bits per heavy atom. The van der Waals surface area contributed by atoms with Crippen LogP contribution >= 0.6 is 0 Å². The molecule has 9 heteroatoms. The number of hydrogen-bond donors (Lipinski definition) is 1. The average molecular weight is 367 g/mol. The fraction of sp³-hybridized carbons (Fsp3) is 0.0588. The predicted octanol–water partition coefficient (Wildman–Crippen LogP) is 4.42. The molecule has 0 fully saturated rings. The number of aromatic nitrogens is 2. The zero-order chi connectivity index (χ0) is 18.9. The summed E-state index contributed by atoms with van der Waals surface area (Å²) >= 11 is 0. The lowest BCUT2D eigenvalue weighted by atomic mass is 10.2. The van der Waals surface area contributed by atoms with Crippen molar-refractivity contribution < 1.29 is 26.7 Å². The van der Waals surface area contributed by atoms with Gasteiger partial charge in [-0.1, -0.05) is 18.2 Å². The molecule has 0 unspecified atom stereocenters. The van der Waals surface area contributed by atoms with Crippen LogP contribution in [0.15, 0.2) is 54.7 Å². The molecule has 0 spiro atoms. The van der Waals surface area contributed by atoms with Crippen molar-refractivity contribution in [3.05, 3.63) is 77.6 Å². The molecule has 0 aliphatic heterocycles. The van der Waals surface area contributed by atoms with Crippen LogP contribution in [0.3, 0.4) is 0 Å². The number of rotatable bonds is 3. The second kappa shape index (κ2) is 6.58. The minimum Gasteiger partial charge on any atom is -0.319 e. The second-order valence-corrected chi connectivity index (χ2v) is 5.23. The molecule has 1 aromatic heterocycles. The van der Waals surface area contributed by atoms with Gasteiger partial charge in [-0.15, -0.1) is 0 Å². The van der Waals surface area contributed by atoms with Crippen LogP contribution in [0, 0.1) is 11.6 Å². The number of nitrogens with zero attached hydrogens (tertiary/aromatic N) is 2. The topological polar surface area (TPSA) is 46.9 Å². The van der Waals surface area contributed by atoms with Crippen LogP contribution in [0.2, 0.25) is 0 Å². The van der Waals surface area contributed by atoms with E-state index in [0.717, 1.165) is 18.3 Å². The molecule has 0 atom stereocenters. The van der Waals surface area contributed by atoms with E-state index in [-0.39, 0.29) is 5.69 Å². The number of carbonyl (C=O) groups excluding carboxylic acids is 1. The summed E-state index contributed by atoms with van der Waals surface area (Å²) in [5.74, 6) is -3.09. The number of carbonyl (C=O) groups is 1. The molecule has 3 aromatic rings. The Labute approximate surface area is 143 Å². The Bertz CT molecular complexity index is 951. The minimum absolute atomic E-state index is 0.0933. The van der Waals surface area contributed by atoms with Crippen molar-refractivity contribution in [3.63, 3.8) is 0 Å². The van der Waals surface area contributed by atoms with Crippen molar-refractivity contribution in [2.75, 3.05) is 5.32 Å². The summed E-state index contributed by atoms with van der Waals surface area (Å²) < 4.78 is 67.9. The minimum atomic E-state index is -4.90. The van der Waals surface area contributed by atoms with Crippen molar-refractivity contribution >= 4 is 11.6 Å². The molecule has 1 amide bonds. The van der Waals surface area contributed by atoms with Gasteiger partial charge in [0.05, 0.1) is 23.1 Å². The number of halogens is 5. The van der Waals surface area contributed by atoms with Gasteiger partial charge in [0.1, 0.15) is 11.6 Å². The van der Waals surface area contributed by atoms with Gasteiger partial charge < -0.3 is 5.32 Å². The lowest BCUT2D eigenvalue weighted by molar-refractivity contribution is -0.143. The molecule has 26 heavy (non-hydrogen) atoms. The van der Waals surface area contributed by atoms with Gasteiger partial charge in [0.25, 0.3) is 5.91 Å². The van der Waals surface area contributed by atoms with Crippen molar-refractivity contribution in [2.45, 2.75) is 6.18 Å². The van der Waals surface area contributed by atoms with Gasteiger partial charge in [0.2, 0.25) is 0 Å². The van der Waals surface area contributed by atoms with Gasteiger partial charge in [0.15, 0.2) is 5.69 Å². The normalized spacial score (nSPS) is 11.4. The third-order valence-corrected chi connectivity index (χ3v) is 3.46. The molecule has 0 bridgehead atoms. The third-order valence-electron chi connectivity index (χ3n) is 3.46. The van der Waals surface area contributed by atoms with E-state index in [1.165, 1.54) is 24.3 Å². The van der Waals surface area contributed by atoms with Crippen LogP contribution in [0.4, 0.5) is 27.6 Å². The standard InChI is InChI=1S/C17H10F5N3O/c18-10-6-7-13(19)14(8-10)24-16(26)12-9-23-25(15(12)17(20,21)22)11-4-2-1-3-5-11/h1-9H,(H,24,26). The van der Waals surface area contributed by atoms with Crippen molar-refractivity contribution in [1.29, 1.82) is 0 Å². The Balaban J connectivity index is 2.04. The van der Waals surface area contributed by atoms with E-state index >= 15 is 0 Å². The average Bonchev–Trinajstić information content (AvgIpc) is 3.04. The van der Waals surface area contributed by atoms with Gasteiger partial charge in [-0.05, 0) is 24.3 Å². The first-order valence-corrected chi connectivity index (χ1v) is 7.24.